The fraction of sp³-hybridized carbons (Fsp3) is 0.955. The van der Waals surface area contributed by atoms with Crippen LogP contribution in [0, 0.1) is 0 Å². The Kier molecular flexibility index (Phi) is 18.5. The molecule has 0 aromatic heterocycles. The number of aliphatic hydroxyl groups is 2. The van der Waals surface area contributed by atoms with E-state index in [1.807, 2.05) is 20.8 Å². The number of carbonyl (C=O) groups is 1. The summed E-state index contributed by atoms with van der Waals surface area (Å²) in [5, 5.41) is 20.2. The van der Waals surface area contributed by atoms with Crippen molar-refractivity contribution in [2.45, 2.75) is 103 Å². The maximum atomic E-state index is 11.5. The Morgan fingerprint density at radius 3 is 1.69 bits per heavy atom. The smallest absolute Gasteiger partial charge is 0.407 e. The standard InChI is InChI=1S/C22H45NO6/c1-22(2,3)29-21(26)23-15-9-13-19-28-17-11-7-5-4-6-10-16-27-18-12-8-14-20(24)25/h20,24-25H,4-19H2,1-3H3,(H,23,26). The van der Waals surface area contributed by atoms with E-state index in [2.05, 4.69) is 5.32 Å². The molecule has 0 saturated carbocycles. The number of carbonyl (C=O) groups excluding carboxylic acids is 1. The van der Waals surface area contributed by atoms with Crippen molar-refractivity contribution in [3.05, 3.63) is 0 Å². The lowest BCUT2D eigenvalue weighted by Crippen LogP contribution is -2.33. The summed E-state index contributed by atoms with van der Waals surface area (Å²) in [5.74, 6) is 0. The third-order valence-corrected chi connectivity index (χ3v) is 4.21. The van der Waals surface area contributed by atoms with Gasteiger partial charge >= 0.3 is 6.09 Å². The number of rotatable bonds is 19. The molecule has 3 N–H and O–H groups in total. The van der Waals surface area contributed by atoms with Crippen molar-refractivity contribution in [1.29, 1.82) is 0 Å². The van der Waals surface area contributed by atoms with Crippen LogP contribution in [-0.2, 0) is 14.2 Å². The van der Waals surface area contributed by atoms with E-state index in [0.717, 1.165) is 58.3 Å². The topological polar surface area (TPSA) is 97.3 Å². The summed E-state index contributed by atoms with van der Waals surface area (Å²) in [5.41, 5.74) is -0.451. The Balaban J connectivity index is 3.13. The molecule has 0 fully saturated rings. The number of nitrogens with one attached hydrogen (secondary N) is 1. The zero-order chi connectivity index (χ0) is 21.8. The Hall–Kier alpha value is -0.890. The lowest BCUT2D eigenvalue weighted by molar-refractivity contribution is -0.0474. The maximum absolute atomic E-state index is 11.5. The van der Waals surface area contributed by atoms with E-state index >= 15 is 0 Å². The fourth-order valence-electron chi connectivity index (χ4n) is 2.68. The van der Waals surface area contributed by atoms with Crippen molar-refractivity contribution in [3.63, 3.8) is 0 Å². The van der Waals surface area contributed by atoms with Crippen LogP contribution in [0.1, 0.15) is 91.4 Å². The zero-order valence-corrected chi connectivity index (χ0v) is 18.9. The highest BCUT2D eigenvalue weighted by atomic mass is 16.6. The average molecular weight is 420 g/mol. The van der Waals surface area contributed by atoms with Crippen LogP contribution in [0.4, 0.5) is 4.79 Å². The van der Waals surface area contributed by atoms with Crippen molar-refractivity contribution in [1.82, 2.24) is 5.32 Å². The quantitative estimate of drug-likeness (QED) is 0.215. The summed E-state index contributed by atoms with van der Waals surface area (Å²) in [4.78, 5) is 11.5. The summed E-state index contributed by atoms with van der Waals surface area (Å²) >= 11 is 0. The van der Waals surface area contributed by atoms with Crippen molar-refractivity contribution < 1.29 is 29.2 Å². The molecule has 0 unspecified atom stereocenters. The van der Waals surface area contributed by atoms with Gasteiger partial charge in [0.2, 0.25) is 0 Å². The highest BCUT2D eigenvalue weighted by Gasteiger charge is 2.15. The molecule has 29 heavy (non-hydrogen) atoms. The number of hydrogen-bond acceptors (Lipinski definition) is 6. The molecule has 7 heteroatoms. The van der Waals surface area contributed by atoms with Crippen LogP contribution in [0.25, 0.3) is 0 Å². The van der Waals surface area contributed by atoms with Gasteiger partial charge in [-0.3, -0.25) is 0 Å². The van der Waals surface area contributed by atoms with Gasteiger partial charge in [0.05, 0.1) is 0 Å². The monoisotopic (exact) mass is 419 g/mol. The van der Waals surface area contributed by atoms with Gasteiger partial charge in [-0.15, -0.1) is 0 Å². The van der Waals surface area contributed by atoms with Crippen molar-refractivity contribution >= 4 is 6.09 Å². The molecule has 7 nitrogen and oxygen atoms in total. The number of hydrogen-bond donors (Lipinski definition) is 3. The number of aliphatic hydroxyl groups excluding tert-OH is 1. The van der Waals surface area contributed by atoms with E-state index < -0.39 is 11.9 Å². The van der Waals surface area contributed by atoms with E-state index in [-0.39, 0.29) is 6.09 Å². The van der Waals surface area contributed by atoms with Crippen LogP contribution in [0.5, 0.6) is 0 Å². The predicted molar refractivity (Wildman–Crippen MR) is 115 cm³/mol. The molecule has 0 saturated heterocycles. The molecular weight excluding hydrogens is 374 g/mol. The van der Waals surface area contributed by atoms with Crippen LogP contribution in [0.3, 0.4) is 0 Å². The van der Waals surface area contributed by atoms with E-state index in [1.54, 1.807) is 0 Å². The molecule has 0 rings (SSSR count). The molecule has 0 aromatic carbocycles. The molecule has 0 aromatic rings. The van der Waals surface area contributed by atoms with Crippen LogP contribution < -0.4 is 5.32 Å². The minimum atomic E-state index is -1.19. The van der Waals surface area contributed by atoms with Gasteiger partial charge in [-0.25, -0.2) is 4.79 Å². The van der Waals surface area contributed by atoms with Crippen molar-refractivity contribution in [3.8, 4) is 0 Å². The van der Waals surface area contributed by atoms with Gasteiger partial charge in [0, 0.05) is 33.0 Å². The van der Waals surface area contributed by atoms with E-state index in [4.69, 9.17) is 24.4 Å². The second-order valence-corrected chi connectivity index (χ2v) is 8.46. The van der Waals surface area contributed by atoms with Gasteiger partial charge in [0.15, 0.2) is 6.29 Å². The maximum Gasteiger partial charge on any atom is 0.407 e. The van der Waals surface area contributed by atoms with Gasteiger partial charge in [-0.1, -0.05) is 25.7 Å². The highest BCUT2D eigenvalue weighted by molar-refractivity contribution is 5.67. The molecule has 1 amide bonds. The van der Waals surface area contributed by atoms with Crippen LogP contribution in [-0.4, -0.2) is 61.2 Å². The van der Waals surface area contributed by atoms with Crippen molar-refractivity contribution in [2.24, 2.45) is 0 Å². The molecule has 0 radical (unpaired) electrons. The zero-order valence-electron chi connectivity index (χ0n) is 18.9. The first kappa shape index (κ1) is 28.1. The second-order valence-electron chi connectivity index (χ2n) is 8.46. The summed E-state index contributed by atoms with van der Waals surface area (Å²) in [6, 6.07) is 0. The number of amides is 1. The second kappa shape index (κ2) is 19.1. The highest BCUT2D eigenvalue weighted by Crippen LogP contribution is 2.07. The largest absolute Gasteiger partial charge is 0.444 e. The minimum absolute atomic E-state index is 0.358. The molecule has 0 atom stereocenters. The summed E-state index contributed by atoms with van der Waals surface area (Å²) in [6.07, 6.45) is 9.46. The third-order valence-electron chi connectivity index (χ3n) is 4.21. The minimum Gasteiger partial charge on any atom is -0.444 e. The third kappa shape index (κ3) is 25.1. The lowest BCUT2D eigenvalue weighted by Gasteiger charge is -2.19. The lowest BCUT2D eigenvalue weighted by atomic mass is 10.1. The van der Waals surface area contributed by atoms with Gasteiger partial charge in [-0.05, 0) is 65.7 Å². The normalized spacial score (nSPS) is 11.8. The summed E-state index contributed by atoms with van der Waals surface area (Å²) in [7, 11) is 0. The SMILES string of the molecule is CC(C)(C)OC(=O)NCCCCOCCCCCCCCOCCCCC(O)O. The molecule has 0 heterocycles. The number of alkyl carbamates (subject to hydrolysis) is 1. The van der Waals surface area contributed by atoms with Crippen molar-refractivity contribution in [2.75, 3.05) is 33.0 Å². The molecular formula is C22H45NO6. The molecule has 0 bridgehead atoms. The van der Waals surface area contributed by atoms with Crippen LogP contribution in [0.15, 0.2) is 0 Å². The van der Waals surface area contributed by atoms with E-state index in [1.165, 1.54) is 25.7 Å². The molecule has 0 aliphatic carbocycles. The summed E-state index contributed by atoms with van der Waals surface area (Å²) in [6.45, 7) is 9.24. The van der Waals surface area contributed by atoms with Gasteiger partial charge in [0.25, 0.3) is 0 Å². The number of ether oxygens (including phenoxy) is 3. The van der Waals surface area contributed by atoms with Gasteiger partial charge < -0.3 is 29.7 Å². The van der Waals surface area contributed by atoms with E-state index in [9.17, 15) is 4.79 Å². The van der Waals surface area contributed by atoms with Gasteiger partial charge in [0.1, 0.15) is 5.60 Å². The summed E-state index contributed by atoms with van der Waals surface area (Å²) < 4.78 is 16.3. The Labute approximate surface area is 177 Å². The predicted octanol–water partition coefficient (Wildman–Crippen LogP) is 4.15. The first-order chi connectivity index (χ1) is 13.8. The molecule has 174 valence electrons. The van der Waals surface area contributed by atoms with Crippen LogP contribution in [0.2, 0.25) is 0 Å². The van der Waals surface area contributed by atoms with Crippen LogP contribution >= 0.6 is 0 Å². The number of unbranched alkanes of at least 4 members (excludes halogenated alkanes) is 7. The van der Waals surface area contributed by atoms with Gasteiger partial charge in [-0.2, -0.15) is 0 Å². The first-order valence-electron chi connectivity index (χ1n) is 11.3. The average Bonchev–Trinajstić information content (AvgIpc) is 2.62. The first-order valence-corrected chi connectivity index (χ1v) is 11.3. The Morgan fingerprint density at radius 2 is 1.21 bits per heavy atom. The molecule has 0 aliphatic heterocycles. The Morgan fingerprint density at radius 1 is 0.759 bits per heavy atom. The van der Waals surface area contributed by atoms with E-state index in [0.29, 0.717) is 19.6 Å². The molecule has 0 spiro atoms. The fourth-order valence-corrected chi connectivity index (χ4v) is 2.68. The Bertz CT molecular complexity index is 371. The molecule has 0 aliphatic rings.